The molecule has 1 aromatic rings. The van der Waals surface area contributed by atoms with Gasteiger partial charge in [-0.15, -0.1) is 11.3 Å². The van der Waals surface area contributed by atoms with Gasteiger partial charge in [-0.1, -0.05) is 103 Å². The van der Waals surface area contributed by atoms with E-state index in [1.807, 2.05) is 5.38 Å². The third-order valence-corrected chi connectivity index (χ3v) is 8.33. The van der Waals surface area contributed by atoms with Gasteiger partial charge < -0.3 is 19.7 Å². The second kappa shape index (κ2) is 24.7. The quantitative estimate of drug-likeness (QED) is 0.0784. The molecule has 0 radical (unpaired) electrons. The van der Waals surface area contributed by atoms with Crippen molar-refractivity contribution in [2.24, 2.45) is 0 Å². The van der Waals surface area contributed by atoms with Gasteiger partial charge in [0.15, 0.2) is 0 Å². The van der Waals surface area contributed by atoms with Gasteiger partial charge in [0.2, 0.25) is 0 Å². The molecule has 0 aliphatic heterocycles. The highest BCUT2D eigenvalue weighted by molar-refractivity contribution is 7.47. The minimum atomic E-state index is -4.23. The van der Waals surface area contributed by atoms with Crippen molar-refractivity contribution in [3.63, 3.8) is 0 Å². The van der Waals surface area contributed by atoms with E-state index in [0.29, 0.717) is 13.0 Å². The Balaban J connectivity index is 1.91. The van der Waals surface area contributed by atoms with E-state index in [-0.39, 0.29) is 19.8 Å². The Bertz CT molecular complexity index is 740. The van der Waals surface area contributed by atoms with Crippen molar-refractivity contribution >= 4 is 25.3 Å². The van der Waals surface area contributed by atoms with Crippen LogP contribution in [0.2, 0.25) is 0 Å². The topological polar surface area (TPSA) is 116 Å². The van der Waals surface area contributed by atoms with E-state index >= 15 is 0 Å². The number of carbonyl (C=O) groups is 1. The summed E-state index contributed by atoms with van der Waals surface area (Å²) in [6.07, 6.45) is 21.8. The van der Waals surface area contributed by atoms with Gasteiger partial charge >= 0.3 is 13.9 Å². The molecule has 11 heteroatoms. The first-order valence-electron chi connectivity index (χ1n) is 14.9. The van der Waals surface area contributed by atoms with Crippen molar-refractivity contribution in [1.29, 1.82) is 0 Å². The maximum Gasteiger partial charge on any atom is 0.472 e. The van der Waals surface area contributed by atoms with Gasteiger partial charge in [-0.05, 0) is 6.42 Å². The molecule has 1 aromatic heterocycles. The third-order valence-electron chi connectivity index (χ3n) is 6.51. The summed E-state index contributed by atoms with van der Waals surface area (Å²) in [5.41, 5.74) is 0. The number of hydrogen-bond acceptors (Lipinski definition) is 8. The number of aromatic nitrogens is 1. The number of hydrogen-bond donors (Lipinski definition) is 2. The van der Waals surface area contributed by atoms with Crippen molar-refractivity contribution in [2.45, 2.75) is 122 Å². The first kappa shape index (κ1) is 36.0. The average molecular weight is 593 g/mol. The minimum absolute atomic E-state index is 0.0111. The summed E-state index contributed by atoms with van der Waals surface area (Å²) in [6, 6.07) is 0. The van der Waals surface area contributed by atoms with Crippen molar-refractivity contribution in [2.75, 3.05) is 33.5 Å². The molecule has 1 amide bonds. The molecule has 0 fully saturated rings. The Kier molecular flexibility index (Phi) is 22.8. The number of ether oxygens (including phenoxy) is 2. The largest absolute Gasteiger partial charge is 0.472 e. The summed E-state index contributed by atoms with van der Waals surface area (Å²) in [5, 5.41) is 5.37. The predicted octanol–water partition coefficient (Wildman–Crippen LogP) is 7.82. The Hall–Kier alpha value is -1.03. The van der Waals surface area contributed by atoms with Gasteiger partial charge in [0.1, 0.15) is 12.7 Å². The van der Waals surface area contributed by atoms with Crippen LogP contribution in [0.4, 0.5) is 4.79 Å². The molecule has 0 aliphatic rings. The second-order valence-corrected chi connectivity index (χ2v) is 12.4. The average Bonchev–Trinajstić information content (AvgIpc) is 3.44. The van der Waals surface area contributed by atoms with Gasteiger partial charge in [-0.3, -0.25) is 9.05 Å². The third kappa shape index (κ3) is 22.4. The summed E-state index contributed by atoms with van der Waals surface area (Å²) in [7, 11) is -2.82. The molecule has 0 aromatic carbocycles. The van der Waals surface area contributed by atoms with Crippen molar-refractivity contribution in [3.05, 3.63) is 16.6 Å². The molecule has 0 spiro atoms. The summed E-state index contributed by atoms with van der Waals surface area (Å²) in [4.78, 5) is 25.8. The van der Waals surface area contributed by atoms with Crippen LogP contribution in [0.3, 0.4) is 0 Å². The monoisotopic (exact) mass is 592 g/mol. The van der Waals surface area contributed by atoms with Crippen LogP contribution in [-0.2, 0) is 29.5 Å². The maximum absolute atomic E-state index is 12.0. The highest BCUT2D eigenvalue weighted by atomic mass is 32.1. The van der Waals surface area contributed by atoms with Gasteiger partial charge in [0, 0.05) is 31.7 Å². The van der Waals surface area contributed by atoms with E-state index in [9.17, 15) is 14.3 Å². The number of phosphoric ester groups is 1. The summed E-state index contributed by atoms with van der Waals surface area (Å²) in [6.45, 7) is 2.50. The molecule has 0 saturated carbocycles. The van der Waals surface area contributed by atoms with Crippen LogP contribution in [0.5, 0.6) is 0 Å². The molecule has 228 valence electrons. The van der Waals surface area contributed by atoms with Crippen LogP contribution < -0.4 is 5.32 Å². The number of carbonyl (C=O) groups excluding carboxylic acids is 1. The number of thiazole rings is 1. The van der Waals surface area contributed by atoms with E-state index < -0.39 is 20.0 Å². The van der Waals surface area contributed by atoms with Crippen molar-refractivity contribution < 1.29 is 32.8 Å². The van der Waals surface area contributed by atoms with Crippen LogP contribution >= 0.6 is 19.2 Å². The van der Waals surface area contributed by atoms with E-state index in [1.54, 1.807) is 6.20 Å². The number of alkyl carbamates (subject to hydrolysis) is 1. The molecule has 1 heterocycles. The van der Waals surface area contributed by atoms with Crippen LogP contribution in [0.15, 0.2) is 11.6 Å². The first-order valence-corrected chi connectivity index (χ1v) is 17.3. The van der Waals surface area contributed by atoms with E-state index in [2.05, 4.69) is 17.2 Å². The minimum Gasteiger partial charge on any atom is -0.447 e. The smallest absolute Gasteiger partial charge is 0.447 e. The van der Waals surface area contributed by atoms with E-state index in [0.717, 1.165) is 17.8 Å². The first-order chi connectivity index (χ1) is 19.0. The zero-order valence-electron chi connectivity index (χ0n) is 24.3. The highest BCUT2D eigenvalue weighted by Gasteiger charge is 2.24. The fraction of sp³-hybridized carbons (Fsp3) is 0.857. The Morgan fingerprint density at radius 1 is 0.923 bits per heavy atom. The standard InChI is InChI=1S/C28H53N2O7PS/c1-3-4-5-6-7-8-9-10-11-12-13-14-15-16-17-18-20-30-28(31)35-24-26(34-2)25-37-38(32,33)36-22-19-27-29-21-23-39-27/h21,23,26H,3-20,22,24-25H2,1-2H3,(H,30,31)(H,32,33). The van der Waals surface area contributed by atoms with Gasteiger partial charge in [0.05, 0.1) is 18.2 Å². The molecule has 0 bridgehead atoms. The molecular weight excluding hydrogens is 539 g/mol. The lowest BCUT2D eigenvalue weighted by atomic mass is 10.0. The molecule has 1 rings (SSSR count). The lowest BCUT2D eigenvalue weighted by Crippen LogP contribution is -2.31. The van der Waals surface area contributed by atoms with Gasteiger partial charge in [-0.25, -0.2) is 14.3 Å². The number of nitrogens with one attached hydrogen (secondary N) is 1. The van der Waals surface area contributed by atoms with Gasteiger partial charge in [-0.2, -0.15) is 0 Å². The number of amides is 1. The number of nitrogens with zero attached hydrogens (tertiary/aromatic N) is 1. The summed E-state index contributed by atoms with van der Waals surface area (Å²) >= 11 is 1.44. The molecule has 2 N–H and O–H groups in total. The number of phosphoric acid groups is 1. The van der Waals surface area contributed by atoms with E-state index in [4.69, 9.17) is 18.5 Å². The summed E-state index contributed by atoms with van der Waals surface area (Å²) < 4.78 is 32.2. The lowest BCUT2D eigenvalue weighted by molar-refractivity contribution is -0.00117. The zero-order chi connectivity index (χ0) is 28.4. The fourth-order valence-electron chi connectivity index (χ4n) is 4.11. The maximum atomic E-state index is 12.0. The summed E-state index contributed by atoms with van der Waals surface area (Å²) in [5.74, 6) is 0. The normalized spacial score (nSPS) is 13.7. The SMILES string of the molecule is CCCCCCCCCCCCCCCCCCNC(=O)OCC(COP(=O)(O)OCCc1nccs1)OC. The second-order valence-electron chi connectivity index (χ2n) is 9.96. The Labute approximate surface area is 240 Å². The highest BCUT2D eigenvalue weighted by Crippen LogP contribution is 2.43. The van der Waals surface area contributed by atoms with Crippen LogP contribution in [0.1, 0.15) is 115 Å². The molecule has 39 heavy (non-hydrogen) atoms. The molecule has 0 aliphatic carbocycles. The van der Waals surface area contributed by atoms with E-state index in [1.165, 1.54) is 108 Å². The lowest BCUT2D eigenvalue weighted by Gasteiger charge is -2.18. The number of unbranched alkanes of at least 4 members (excludes halogenated alkanes) is 15. The number of methoxy groups -OCH3 is 1. The molecule has 9 nitrogen and oxygen atoms in total. The Morgan fingerprint density at radius 3 is 2.00 bits per heavy atom. The number of rotatable bonds is 27. The van der Waals surface area contributed by atoms with Gasteiger partial charge in [0.25, 0.3) is 0 Å². The zero-order valence-corrected chi connectivity index (χ0v) is 26.0. The fourth-order valence-corrected chi connectivity index (χ4v) is 5.46. The molecule has 2 atom stereocenters. The van der Waals surface area contributed by atoms with Crippen LogP contribution in [0.25, 0.3) is 0 Å². The molecule has 2 unspecified atom stereocenters. The Morgan fingerprint density at radius 2 is 1.49 bits per heavy atom. The predicted molar refractivity (Wildman–Crippen MR) is 157 cm³/mol. The van der Waals surface area contributed by atoms with Crippen molar-refractivity contribution in [1.82, 2.24) is 10.3 Å². The van der Waals surface area contributed by atoms with Crippen molar-refractivity contribution in [3.8, 4) is 0 Å². The van der Waals surface area contributed by atoms with Crippen LogP contribution in [-0.4, -0.2) is 55.5 Å². The molecule has 0 saturated heterocycles. The molecular formula is C28H53N2O7PS. The van der Waals surface area contributed by atoms with Crippen LogP contribution in [0, 0.1) is 0 Å².